The lowest BCUT2D eigenvalue weighted by molar-refractivity contribution is -0.137. The zero-order valence-electron chi connectivity index (χ0n) is 10.9. The molecule has 0 aliphatic carbocycles. The van der Waals surface area contributed by atoms with Gasteiger partial charge >= 0.3 is 5.97 Å². The van der Waals surface area contributed by atoms with Crippen molar-refractivity contribution < 1.29 is 14.3 Å². The first-order valence-corrected chi connectivity index (χ1v) is 7.24. The molecule has 106 valence electrons. The molecule has 20 heavy (non-hydrogen) atoms. The largest absolute Gasteiger partial charge is 0.481 e. The molecule has 2 rings (SSSR count). The van der Waals surface area contributed by atoms with Crippen LogP contribution in [0.4, 0.5) is 4.39 Å². The molecule has 0 spiro atoms. The van der Waals surface area contributed by atoms with Crippen molar-refractivity contribution in [2.24, 2.45) is 0 Å². The number of hydrogen-bond acceptors (Lipinski definition) is 3. The summed E-state index contributed by atoms with van der Waals surface area (Å²) in [4.78, 5) is 12.6. The van der Waals surface area contributed by atoms with Crippen LogP contribution < -0.4 is 5.32 Å². The molecule has 0 radical (unpaired) electrons. The van der Waals surface area contributed by atoms with Crippen LogP contribution in [0.5, 0.6) is 0 Å². The fourth-order valence-corrected chi connectivity index (χ4v) is 2.80. The van der Waals surface area contributed by atoms with Crippen LogP contribution in [0.3, 0.4) is 0 Å². The Morgan fingerprint density at radius 3 is 2.65 bits per heavy atom. The van der Waals surface area contributed by atoms with E-state index in [9.17, 15) is 9.18 Å². The van der Waals surface area contributed by atoms with Gasteiger partial charge in [0.25, 0.3) is 0 Å². The van der Waals surface area contributed by atoms with Crippen LogP contribution in [0.15, 0.2) is 36.4 Å². The Balaban J connectivity index is 1.83. The quantitative estimate of drug-likeness (QED) is 0.768. The van der Waals surface area contributed by atoms with Gasteiger partial charge in [0.05, 0.1) is 0 Å². The maximum atomic E-state index is 12.9. The molecule has 2 aromatic rings. The molecule has 0 bridgehead atoms. The Morgan fingerprint density at radius 1 is 1.20 bits per heavy atom. The first-order valence-electron chi connectivity index (χ1n) is 6.42. The number of hydrogen-bond donors (Lipinski definition) is 2. The lowest BCUT2D eigenvalue weighted by Gasteiger charge is -2.01. The van der Waals surface area contributed by atoms with Gasteiger partial charge in [-0.25, -0.2) is 4.39 Å². The topological polar surface area (TPSA) is 49.3 Å². The van der Waals surface area contributed by atoms with Crippen molar-refractivity contribution in [2.45, 2.75) is 19.4 Å². The highest BCUT2D eigenvalue weighted by molar-refractivity contribution is 7.15. The summed E-state index contributed by atoms with van der Waals surface area (Å²) in [6.45, 7) is 1.42. The highest BCUT2D eigenvalue weighted by atomic mass is 32.1. The number of benzene rings is 1. The van der Waals surface area contributed by atoms with Crippen molar-refractivity contribution >= 4 is 17.3 Å². The van der Waals surface area contributed by atoms with Crippen molar-refractivity contribution in [1.82, 2.24) is 5.32 Å². The van der Waals surface area contributed by atoms with Gasteiger partial charge in [-0.15, -0.1) is 11.3 Å². The Labute approximate surface area is 121 Å². The van der Waals surface area contributed by atoms with E-state index in [0.29, 0.717) is 13.0 Å². The normalized spacial score (nSPS) is 10.7. The Bertz CT molecular complexity index is 566. The van der Waals surface area contributed by atoms with Crippen LogP contribution in [0.25, 0.3) is 10.4 Å². The van der Waals surface area contributed by atoms with E-state index < -0.39 is 5.97 Å². The van der Waals surface area contributed by atoms with Crippen molar-refractivity contribution in [3.63, 3.8) is 0 Å². The zero-order valence-corrected chi connectivity index (χ0v) is 11.8. The van der Waals surface area contributed by atoms with Gasteiger partial charge in [-0.3, -0.25) is 4.79 Å². The van der Waals surface area contributed by atoms with E-state index in [1.54, 1.807) is 23.5 Å². The summed E-state index contributed by atoms with van der Waals surface area (Å²) in [5.41, 5.74) is 1.01. The van der Waals surface area contributed by atoms with E-state index >= 15 is 0 Å². The second-order valence-corrected chi connectivity index (χ2v) is 5.62. The molecule has 0 saturated carbocycles. The van der Waals surface area contributed by atoms with Gasteiger partial charge < -0.3 is 10.4 Å². The van der Waals surface area contributed by atoms with E-state index in [0.717, 1.165) is 17.0 Å². The van der Waals surface area contributed by atoms with Gasteiger partial charge in [0.1, 0.15) is 5.82 Å². The van der Waals surface area contributed by atoms with Gasteiger partial charge in [-0.2, -0.15) is 0 Å². The SMILES string of the molecule is O=C(O)CCCNCc1ccc(-c2ccc(F)cc2)s1. The number of carboxylic acids is 1. The van der Waals surface area contributed by atoms with Crippen LogP contribution in [-0.2, 0) is 11.3 Å². The lowest BCUT2D eigenvalue weighted by Crippen LogP contribution is -2.14. The van der Waals surface area contributed by atoms with Crippen LogP contribution in [0.1, 0.15) is 17.7 Å². The Kier molecular flexibility index (Phi) is 5.26. The monoisotopic (exact) mass is 293 g/mol. The summed E-state index contributed by atoms with van der Waals surface area (Å²) in [6.07, 6.45) is 0.823. The first-order chi connectivity index (χ1) is 9.65. The van der Waals surface area contributed by atoms with E-state index in [1.165, 1.54) is 17.0 Å². The predicted octanol–water partition coefficient (Wildman–Crippen LogP) is 3.51. The molecule has 1 heterocycles. The van der Waals surface area contributed by atoms with Gasteiger partial charge in [-0.1, -0.05) is 12.1 Å². The van der Waals surface area contributed by atoms with Crippen molar-refractivity contribution in [3.05, 3.63) is 47.1 Å². The molecular formula is C15H16FNO2S. The third kappa shape index (κ3) is 4.43. The number of aliphatic carboxylic acids is 1. The van der Waals surface area contributed by atoms with E-state index in [-0.39, 0.29) is 12.2 Å². The standard InChI is InChI=1S/C15H16FNO2S/c16-12-5-3-11(4-6-12)14-8-7-13(20-14)10-17-9-1-2-15(18)19/h3-8,17H,1-2,9-10H2,(H,18,19). The lowest BCUT2D eigenvalue weighted by atomic mass is 10.2. The number of rotatable bonds is 7. The third-order valence-corrected chi connectivity index (χ3v) is 3.97. The average molecular weight is 293 g/mol. The van der Waals surface area contributed by atoms with Crippen LogP contribution >= 0.6 is 11.3 Å². The third-order valence-electron chi connectivity index (χ3n) is 2.83. The first kappa shape index (κ1) is 14.7. The summed E-state index contributed by atoms with van der Waals surface area (Å²) in [5, 5.41) is 11.7. The van der Waals surface area contributed by atoms with Gasteiger partial charge in [-0.05, 0) is 42.8 Å². The second kappa shape index (κ2) is 7.17. The summed E-state index contributed by atoms with van der Waals surface area (Å²) in [5.74, 6) is -0.993. The number of carboxylic acid groups (broad SMARTS) is 1. The molecule has 0 unspecified atom stereocenters. The molecule has 0 fully saturated rings. The minimum absolute atomic E-state index is 0.193. The zero-order chi connectivity index (χ0) is 14.4. The summed E-state index contributed by atoms with van der Waals surface area (Å²) in [7, 11) is 0. The summed E-state index contributed by atoms with van der Waals surface area (Å²) < 4.78 is 12.9. The molecule has 3 nitrogen and oxygen atoms in total. The summed E-state index contributed by atoms with van der Waals surface area (Å²) >= 11 is 1.65. The average Bonchev–Trinajstić information content (AvgIpc) is 2.87. The molecule has 5 heteroatoms. The molecule has 0 amide bonds. The molecule has 0 aliphatic rings. The molecular weight excluding hydrogens is 277 g/mol. The molecule has 0 saturated heterocycles. The van der Waals surface area contributed by atoms with Crippen LogP contribution in [0.2, 0.25) is 0 Å². The van der Waals surface area contributed by atoms with Gasteiger partial charge in [0.2, 0.25) is 0 Å². The minimum atomic E-state index is -0.762. The molecule has 2 N–H and O–H groups in total. The maximum Gasteiger partial charge on any atom is 0.303 e. The minimum Gasteiger partial charge on any atom is -0.481 e. The smallest absolute Gasteiger partial charge is 0.303 e. The number of thiophene rings is 1. The maximum absolute atomic E-state index is 12.9. The Hall–Kier alpha value is -1.72. The van der Waals surface area contributed by atoms with Gasteiger partial charge in [0, 0.05) is 22.7 Å². The predicted molar refractivity (Wildman–Crippen MR) is 78.3 cm³/mol. The molecule has 0 aliphatic heterocycles. The molecule has 0 atom stereocenters. The van der Waals surface area contributed by atoms with E-state index in [4.69, 9.17) is 5.11 Å². The van der Waals surface area contributed by atoms with Crippen molar-refractivity contribution in [1.29, 1.82) is 0 Å². The van der Waals surface area contributed by atoms with Gasteiger partial charge in [0.15, 0.2) is 0 Å². The highest BCUT2D eigenvalue weighted by Crippen LogP contribution is 2.28. The molecule has 1 aromatic heterocycles. The molecule has 1 aromatic carbocycles. The Morgan fingerprint density at radius 2 is 1.95 bits per heavy atom. The second-order valence-electron chi connectivity index (χ2n) is 4.45. The summed E-state index contributed by atoms with van der Waals surface area (Å²) in [6, 6.07) is 10.5. The van der Waals surface area contributed by atoms with E-state index in [2.05, 4.69) is 5.32 Å². The van der Waals surface area contributed by atoms with E-state index in [1.807, 2.05) is 12.1 Å². The van der Waals surface area contributed by atoms with Crippen LogP contribution in [0, 0.1) is 5.82 Å². The fraction of sp³-hybridized carbons (Fsp3) is 0.267. The number of carbonyl (C=O) groups is 1. The highest BCUT2D eigenvalue weighted by Gasteiger charge is 2.03. The van der Waals surface area contributed by atoms with Crippen molar-refractivity contribution in [3.8, 4) is 10.4 Å². The fourth-order valence-electron chi connectivity index (χ4n) is 1.82. The number of halogens is 1. The van der Waals surface area contributed by atoms with Crippen LogP contribution in [-0.4, -0.2) is 17.6 Å². The van der Waals surface area contributed by atoms with Crippen molar-refractivity contribution in [2.75, 3.05) is 6.54 Å². The number of nitrogens with one attached hydrogen (secondary N) is 1.